The minimum Gasteiger partial charge on any atom is -0.353 e. The number of hydrogen-bond acceptors (Lipinski definition) is 1. The molecule has 0 aliphatic rings. The van der Waals surface area contributed by atoms with E-state index in [9.17, 15) is 5.26 Å². The fourth-order valence-electron chi connectivity index (χ4n) is 6.65. The van der Waals surface area contributed by atoms with E-state index in [1.807, 2.05) is 6.07 Å². The van der Waals surface area contributed by atoms with Gasteiger partial charge >= 0.3 is 0 Å². The third-order valence-electron chi connectivity index (χ3n) is 8.04. The molecule has 0 amide bonds. The van der Waals surface area contributed by atoms with Crippen molar-refractivity contribution < 1.29 is 0 Å². The average Bonchev–Trinajstić information content (AvgIpc) is 3.43. The van der Waals surface area contributed by atoms with Crippen LogP contribution in [0.2, 0.25) is 0 Å². The van der Waals surface area contributed by atoms with E-state index in [4.69, 9.17) is 0 Å². The fourth-order valence-corrected chi connectivity index (χ4v) is 6.65. The summed E-state index contributed by atoms with van der Waals surface area (Å²) in [6, 6.07) is 36.9. The number of aromatic amines is 1. The van der Waals surface area contributed by atoms with Gasteiger partial charge in [-0.25, -0.2) is 0 Å². The molecule has 0 unspecified atom stereocenters. The van der Waals surface area contributed by atoms with Crippen LogP contribution in [0.5, 0.6) is 0 Å². The Morgan fingerprint density at radius 3 is 2.14 bits per heavy atom. The van der Waals surface area contributed by atoms with Crippen LogP contribution in [0.3, 0.4) is 0 Å². The molecule has 9 aromatic rings. The predicted octanol–water partition coefficient (Wildman–Crippen LogP) is 8.65. The van der Waals surface area contributed by atoms with Crippen molar-refractivity contribution in [1.29, 1.82) is 5.26 Å². The van der Waals surface area contributed by atoms with Crippen LogP contribution in [0.4, 0.5) is 0 Å². The molecule has 0 saturated heterocycles. The summed E-state index contributed by atoms with van der Waals surface area (Å²) in [5.41, 5.74) is 6.52. The van der Waals surface area contributed by atoms with Gasteiger partial charge in [-0.3, -0.25) is 0 Å². The highest BCUT2D eigenvalue weighted by atomic mass is 14.9. The summed E-state index contributed by atoms with van der Waals surface area (Å²) in [4.78, 5) is 3.83. The van der Waals surface area contributed by atoms with Crippen LogP contribution >= 0.6 is 0 Å². The Bertz CT molecular complexity index is 2430. The van der Waals surface area contributed by atoms with Crippen LogP contribution in [0.25, 0.3) is 81.4 Å². The molecular weight excluding hydrogens is 438 g/mol. The smallest absolute Gasteiger partial charge is 0.0991 e. The van der Waals surface area contributed by atoms with Crippen molar-refractivity contribution in [3.63, 3.8) is 0 Å². The maximum atomic E-state index is 9.77. The van der Waals surface area contributed by atoms with Gasteiger partial charge in [-0.05, 0) is 51.2 Å². The normalized spacial score (nSPS) is 12.4. The molecular formula is C33H17N3. The van der Waals surface area contributed by atoms with E-state index < -0.39 is 0 Å². The van der Waals surface area contributed by atoms with E-state index in [1.54, 1.807) is 0 Å². The van der Waals surface area contributed by atoms with Crippen LogP contribution in [0.15, 0.2) is 97.1 Å². The number of benzene rings is 6. The Hall–Kier alpha value is -5.07. The van der Waals surface area contributed by atoms with E-state index in [0.717, 1.165) is 16.4 Å². The van der Waals surface area contributed by atoms with Crippen molar-refractivity contribution in [3.05, 3.63) is 103 Å². The highest BCUT2D eigenvalue weighted by molar-refractivity contribution is 6.38. The van der Waals surface area contributed by atoms with Crippen molar-refractivity contribution in [1.82, 2.24) is 9.38 Å². The van der Waals surface area contributed by atoms with Gasteiger partial charge in [0.05, 0.1) is 33.7 Å². The number of nitrogens with zero attached hydrogens (tertiary/aromatic N) is 2. The first-order chi connectivity index (χ1) is 17.8. The van der Waals surface area contributed by atoms with Gasteiger partial charge in [-0.2, -0.15) is 5.26 Å². The second-order valence-corrected chi connectivity index (χ2v) is 9.73. The topological polar surface area (TPSA) is 44.0 Å². The Balaban J connectivity index is 1.79. The lowest BCUT2D eigenvalue weighted by Crippen LogP contribution is -1.88. The van der Waals surface area contributed by atoms with Gasteiger partial charge in [0.25, 0.3) is 0 Å². The van der Waals surface area contributed by atoms with Gasteiger partial charge < -0.3 is 9.38 Å². The minimum atomic E-state index is 0.675. The first-order valence-electron chi connectivity index (χ1n) is 12.2. The quantitative estimate of drug-likeness (QED) is 0.228. The summed E-state index contributed by atoms with van der Waals surface area (Å²) >= 11 is 0. The van der Waals surface area contributed by atoms with Crippen LogP contribution in [-0.4, -0.2) is 9.38 Å². The molecule has 0 aliphatic carbocycles. The number of H-pyrrole nitrogens is 1. The third-order valence-corrected chi connectivity index (χ3v) is 8.04. The fraction of sp³-hybridized carbons (Fsp3) is 0. The number of nitriles is 1. The number of hydrogen-bond donors (Lipinski definition) is 1. The Kier molecular flexibility index (Phi) is 3.11. The molecule has 0 saturated carbocycles. The van der Waals surface area contributed by atoms with Gasteiger partial charge in [0.1, 0.15) is 0 Å². The van der Waals surface area contributed by atoms with E-state index >= 15 is 0 Å². The molecule has 164 valence electrons. The minimum absolute atomic E-state index is 0.675. The summed E-state index contributed by atoms with van der Waals surface area (Å²) in [5, 5.41) is 22.0. The molecule has 3 heteroatoms. The van der Waals surface area contributed by atoms with Crippen LogP contribution in [0, 0.1) is 11.3 Å². The molecule has 0 aliphatic heterocycles. The average molecular weight is 456 g/mol. The van der Waals surface area contributed by atoms with Crippen molar-refractivity contribution in [2.45, 2.75) is 0 Å². The number of rotatable bonds is 0. The van der Waals surface area contributed by atoms with Crippen LogP contribution < -0.4 is 0 Å². The molecule has 0 atom stereocenters. The van der Waals surface area contributed by atoms with Crippen molar-refractivity contribution >= 4 is 81.4 Å². The Labute approximate surface area is 204 Å². The van der Waals surface area contributed by atoms with Gasteiger partial charge in [-0.1, -0.05) is 72.8 Å². The first-order valence-corrected chi connectivity index (χ1v) is 12.2. The maximum Gasteiger partial charge on any atom is 0.0991 e. The molecule has 0 radical (unpaired) electrons. The third kappa shape index (κ3) is 1.97. The monoisotopic (exact) mass is 455 g/mol. The Morgan fingerprint density at radius 2 is 1.31 bits per heavy atom. The molecule has 3 aromatic heterocycles. The maximum absolute atomic E-state index is 9.77. The number of nitrogens with one attached hydrogen (secondary N) is 1. The largest absolute Gasteiger partial charge is 0.353 e. The van der Waals surface area contributed by atoms with Crippen molar-refractivity contribution in [2.75, 3.05) is 0 Å². The lowest BCUT2D eigenvalue weighted by molar-refractivity contribution is 1.37. The van der Waals surface area contributed by atoms with Crippen molar-refractivity contribution in [3.8, 4) is 6.07 Å². The summed E-state index contributed by atoms with van der Waals surface area (Å²) < 4.78 is 2.45. The highest BCUT2D eigenvalue weighted by Gasteiger charge is 2.23. The number of fused-ring (bicyclic) bond motifs is 11. The molecule has 0 bridgehead atoms. The zero-order chi connectivity index (χ0) is 23.5. The molecule has 1 N–H and O–H groups in total. The van der Waals surface area contributed by atoms with Crippen LogP contribution in [0.1, 0.15) is 5.56 Å². The zero-order valence-corrected chi connectivity index (χ0v) is 19.1. The Morgan fingerprint density at radius 1 is 0.583 bits per heavy atom. The van der Waals surface area contributed by atoms with Gasteiger partial charge in [0, 0.05) is 32.4 Å². The molecule has 3 heterocycles. The number of aromatic nitrogens is 2. The molecule has 0 fully saturated rings. The van der Waals surface area contributed by atoms with Gasteiger partial charge in [0.2, 0.25) is 0 Å². The highest BCUT2D eigenvalue weighted by Crippen LogP contribution is 2.46. The SMILES string of the molecule is N#Cc1ccc2c(c1)c1cccc3ccc4[nH]c5c6c7ccccc7c7ccccc7c6n2c5c4c31. The summed E-state index contributed by atoms with van der Waals surface area (Å²) in [5.74, 6) is 0. The zero-order valence-electron chi connectivity index (χ0n) is 19.1. The van der Waals surface area contributed by atoms with Crippen molar-refractivity contribution in [2.24, 2.45) is 0 Å². The molecule has 6 aromatic carbocycles. The lowest BCUT2D eigenvalue weighted by atomic mass is 9.97. The van der Waals surface area contributed by atoms with Gasteiger partial charge in [-0.15, -0.1) is 0 Å². The molecule has 36 heavy (non-hydrogen) atoms. The summed E-state index contributed by atoms with van der Waals surface area (Å²) in [6.45, 7) is 0. The first kappa shape index (κ1) is 18.3. The molecule has 3 nitrogen and oxygen atoms in total. The molecule has 9 rings (SSSR count). The molecule has 0 spiro atoms. The van der Waals surface area contributed by atoms with E-state index in [2.05, 4.69) is 106 Å². The van der Waals surface area contributed by atoms with E-state index in [0.29, 0.717) is 5.56 Å². The van der Waals surface area contributed by atoms with E-state index in [-0.39, 0.29) is 0 Å². The summed E-state index contributed by atoms with van der Waals surface area (Å²) in [6.07, 6.45) is 0. The summed E-state index contributed by atoms with van der Waals surface area (Å²) in [7, 11) is 0. The predicted molar refractivity (Wildman–Crippen MR) is 150 cm³/mol. The van der Waals surface area contributed by atoms with Crippen LogP contribution in [-0.2, 0) is 0 Å². The second kappa shape index (κ2) is 6.13. The second-order valence-electron chi connectivity index (χ2n) is 9.73. The van der Waals surface area contributed by atoms with Gasteiger partial charge in [0.15, 0.2) is 0 Å². The lowest BCUT2D eigenvalue weighted by Gasteiger charge is -2.09. The standard InChI is InChI=1S/C33H17N3/c34-17-18-12-15-27-25(16-18)23-11-5-6-19-13-14-26-30(28(19)23)33-31(35-26)29-22-9-3-1-7-20(22)21-8-2-4-10-24(21)32(29)36(27)33/h1-16,35H. The van der Waals surface area contributed by atoms with E-state index in [1.165, 1.54) is 65.0 Å².